The molecule has 0 aromatic heterocycles. The summed E-state index contributed by atoms with van der Waals surface area (Å²) < 4.78 is 6.09. The molecule has 0 bridgehead atoms. The highest BCUT2D eigenvalue weighted by atomic mass is 16.5. The van der Waals surface area contributed by atoms with Gasteiger partial charge in [0.2, 0.25) is 11.8 Å². The van der Waals surface area contributed by atoms with Crippen molar-refractivity contribution in [2.75, 3.05) is 18.1 Å². The number of para-hydroxylation sites is 1. The van der Waals surface area contributed by atoms with Crippen molar-refractivity contribution in [3.05, 3.63) is 101 Å². The Hall–Kier alpha value is -4.22. The molecule has 0 spiro atoms. The fraction of sp³-hybridized carbons (Fsp3) is 0.333. The zero-order valence-electron chi connectivity index (χ0n) is 25.8. The Morgan fingerprint density at radius 1 is 1.00 bits per heavy atom. The number of phenolic OH excluding ortho intramolecular Hbond substituents is 1. The third kappa shape index (κ3) is 7.26. The van der Waals surface area contributed by atoms with Crippen LogP contribution in [0.1, 0.15) is 44.6 Å². The lowest BCUT2D eigenvalue weighted by molar-refractivity contribution is -0.123. The van der Waals surface area contributed by atoms with Gasteiger partial charge >= 0.3 is 7.12 Å². The number of rotatable bonds is 13. The second-order valence-electron chi connectivity index (χ2n) is 12.0. The number of phenols is 1. The molecule has 9 nitrogen and oxygen atoms in total. The van der Waals surface area contributed by atoms with E-state index in [1.54, 1.807) is 30.3 Å². The van der Waals surface area contributed by atoms with E-state index >= 15 is 0 Å². The number of ether oxygens (including phenoxy) is 1. The number of imide groups is 1. The van der Waals surface area contributed by atoms with Crippen molar-refractivity contribution in [3.8, 4) is 11.5 Å². The Morgan fingerprint density at radius 3 is 2.46 bits per heavy atom. The van der Waals surface area contributed by atoms with Crippen LogP contribution in [0.15, 0.2) is 95.6 Å². The summed E-state index contributed by atoms with van der Waals surface area (Å²) in [6.07, 6.45) is 3.73. The van der Waals surface area contributed by atoms with Crippen molar-refractivity contribution in [1.29, 1.82) is 0 Å². The fourth-order valence-electron chi connectivity index (χ4n) is 6.78. The van der Waals surface area contributed by atoms with Gasteiger partial charge < -0.3 is 30.1 Å². The van der Waals surface area contributed by atoms with E-state index in [-0.39, 0.29) is 29.9 Å². The Bertz CT molecular complexity index is 1600. The van der Waals surface area contributed by atoms with Crippen LogP contribution in [0.25, 0.3) is 6.08 Å². The first-order valence-corrected chi connectivity index (χ1v) is 15.7. The van der Waals surface area contributed by atoms with Gasteiger partial charge in [0, 0.05) is 5.92 Å². The monoisotopic (exact) mass is 625 g/mol. The number of benzene rings is 3. The summed E-state index contributed by atoms with van der Waals surface area (Å²) in [4.78, 5) is 28.8. The van der Waals surface area contributed by atoms with Gasteiger partial charge in [0.15, 0.2) is 0 Å². The fourth-order valence-corrected chi connectivity index (χ4v) is 6.78. The molecular weight excluding hydrogens is 585 g/mol. The van der Waals surface area contributed by atoms with Gasteiger partial charge in [-0.05, 0) is 84.3 Å². The van der Waals surface area contributed by atoms with E-state index < -0.39 is 49.4 Å². The van der Waals surface area contributed by atoms with Gasteiger partial charge in [-0.25, -0.2) is 0 Å². The summed E-state index contributed by atoms with van der Waals surface area (Å²) in [5.41, 5.74) is 3.50. The largest absolute Gasteiger partial charge is 0.508 e. The highest BCUT2D eigenvalue weighted by Crippen LogP contribution is 2.47. The van der Waals surface area contributed by atoms with Crippen LogP contribution in [0.5, 0.6) is 11.5 Å². The summed E-state index contributed by atoms with van der Waals surface area (Å²) in [6, 6.07) is 22.1. The summed E-state index contributed by atoms with van der Waals surface area (Å²) in [5.74, 6) is -2.65. The number of hydrogen-bond acceptors (Lipinski definition) is 8. The van der Waals surface area contributed by atoms with Gasteiger partial charge in [-0.3, -0.25) is 14.5 Å². The SMILES string of the molecule is CCC/C(=C\c1cccc(O)c1)CC[C@@H](O)C1=C(COc2ccccc2)C[C@H]2C(=O)N(c3cccc(B(O)O)c3)C(=O)[C@H]2[C@H]1CO. The first-order chi connectivity index (χ1) is 22.2. The first kappa shape index (κ1) is 33.2. The van der Waals surface area contributed by atoms with E-state index in [2.05, 4.69) is 6.92 Å². The number of aliphatic hydroxyl groups excluding tert-OH is 2. The molecule has 4 atom stereocenters. The third-order valence-electron chi connectivity index (χ3n) is 8.87. The molecule has 1 heterocycles. The molecule has 1 fully saturated rings. The minimum Gasteiger partial charge on any atom is -0.508 e. The van der Waals surface area contributed by atoms with Crippen molar-refractivity contribution in [1.82, 2.24) is 0 Å². The topological polar surface area (TPSA) is 148 Å². The van der Waals surface area contributed by atoms with Gasteiger partial charge in [-0.15, -0.1) is 0 Å². The number of nitrogens with zero attached hydrogens (tertiary/aromatic N) is 1. The normalized spacial score (nSPS) is 20.6. The molecule has 2 aliphatic rings. The standard InChI is InChI=1S/C36H40BNO8/c1-2-8-23(17-24-9-6-12-28(40)18-24)15-16-32(41)33-25(22-46-29-13-4-3-5-14-29)19-30-34(31(33)21-39)36(43)38(35(30)42)27-11-7-10-26(20-27)37(44)45/h3-7,9-14,17-18,20,30-32,34,39-41,44-45H,2,8,15-16,19,21-22H2,1H3/b23-17+/t30-,31+,32-,34-/m1/s1. The highest BCUT2D eigenvalue weighted by Gasteiger charge is 2.55. The van der Waals surface area contributed by atoms with Crippen LogP contribution in [0, 0.1) is 17.8 Å². The van der Waals surface area contributed by atoms with Crippen molar-refractivity contribution in [2.45, 2.75) is 45.1 Å². The summed E-state index contributed by atoms with van der Waals surface area (Å²) in [7, 11) is -1.77. The first-order valence-electron chi connectivity index (χ1n) is 15.7. The van der Waals surface area contributed by atoms with Gasteiger partial charge in [-0.1, -0.05) is 67.5 Å². The molecule has 5 N–H and O–H groups in total. The number of aliphatic hydroxyl groups is 2. The Kier molecular flexibility index (Phi) is 10.8. The van der Waals surface area contributed by atoms with E-state index in [9.17, 15) is 35.0 Å². The number of amides is 2. The van der Waals surface area contributed by atoms with Gasteiger partial charge in [0.05, 0.1) is 30.2 Å². The zero-order valence-corrected chi connectivity index (χ0v) is 25.8. The second kappa shape index (κ2) is 14.9. The molecule has 1 aliphatic heterocycles. The number of hydrogen-bond donors (Lipinski definition) is 5. The molecule has 1 aliphatic carbocycles. The van der Waals surface area contributed by atoms with Crippen molar-refractivity contribution < 1.29 is 39.7 Å². The molecule has 0 saturated carbocycles. The number of aromatic hydroxyl groups is 1. The van der Waals surface area contributed by atoms with Gasteiger partial charge in [-0.2, -0.15) is 0 Å². The third-order valence-corrected chi connectivity index (χ3v) is 8.87. The van der Waals surface area contributed by atoms with Crippen LogP contribution in [-0.2, 0) is 9.59 Å². The number of fused-ring (bicyclic) bond motifs is 1. The van der Waals surface area contributed by atoms with Crippen molar-refractivity contribution in [3.63, 3.8) is 0 Å². The molecule has 1 saturated heterocycles. The van der Waals surface area contributed by atoms with Crippen LogP contribution in [0.2, 0.25) is 0 Å². The molecular formula is C36H40BNO8. The molecule has 3 aromatic carbocycles. The lowest BCUT2D eigenvalue weighted by atomic mass is 9.68. The molecule has 0 radical (unpaired) electrons. The van der Waals surface area contributed by atoms with Crippen LogP contribution in [0.4, 0.5) is 5.69 Å². The summed E-state index contributed by atoms with van der Waals surface area (Å²) in [5, 5.41) is 51.8. The van der Waals surface area contributed by atoms with E-state index in [1.165, 1.54) is 12.1 Å². The number of anilines is 1. The van der Waals surface area contributed by atoms with E-state index in [0.29, 0.717) is 29.7 Å². The predicted octanol–water partition coefficient (Wildman–Crippen LogP) is 3.59. The quantitative estimate of drug-likeness (QED) is 0.110. The average molecular weight is 626 g/mol. The van der Waals surface area contributed by atoms with E-state index in [4.69, 9.17) is 4.74 Å². The van der Waals surface area contributed by atoms with Crippen LogP contribution in [-0.4, -0.2) is 63.6 Å². The Labute approximate surface area is 269 Å². The maximum atomic E-state index is 13.9. The lowest BCUT2D eigenvalue weighted by Gasteiger charge is -2.36. The zero-order chi connectivity index (χ0) is 32.8. The molecule has 3 aromatic rings. The van der Waals surface area contributed by atoms with E-state index in [1.807, 2.05) is 42.5 Å². The Balaban J connectivity index is 1.46. The molecule has 0 unspecified atom stereocenters. The maximum absolute atomic E-state index is 13.9. The molecule has 2 amide bonds. The molecule has 5 rings (SSSR count). The van der Waals surface area contributed by atoms with E-state index in [0.717, 1.165) is 28.9 Å². The number of allylic oxidation sites excluding steroid dienone is 1. The predicted molar refractivity (Wildman–Crippen MR) is 176 cm³/mol. The van der Waals surface area contributed by atoms with Crippen LogP contribution >= 0.6 is 0 Å². The van der Waals surface area contributed by atoms with Gasteiger partial charge in [0.25, 0.3) is 0 Å². The lowest BCUT2D eigenvalue weighted by Crippen LogP contribution is -2.40. The average Bonchev–Trinajstić information content (AvgIpc) is 3.31. The molecule has 10 heteroatoms. The second-order valence-corrected chi connectivity index (χ2v) is 12.0. The van der Waals surface area contributed by atoms with Crippen molar-refractivity contribution >= 4 is 36.2 Å². The highest BCUT2D eigenvalue weighted by molar-refractivity contribution is 6.58. The minimum absolute atomic E-state index is 0.0741. The van der Waals surface area contributed by atoms with Crippen molar-refractivity contribution in [2.24, 2.45) is 17.8 Å². The smallest absolute Gasteiger partial charge is 0.488 e. The number of carbonyl (C=O) groups is 2. The van der Waals surface area contributed by atoms with Crippen LogP contribution in [0.3, 0.4) is 0 Å². The Morgan fingerprint density at radius 2 is 1.76 bits per heavy atom. The minimum atomic E-state index is -1.77. The number of carbonyl (C=O) groups excluding carboxylic acids is 2. The summed E-state index contributed by atoms with van der Waals surface area (Å²) >= 11 is 0. The van der Waals surface area contributed by atoms with Gasteiger partial charge in [0.1, 0.15) is 18.1 Å². The summed E-state index contributed by atoms with van der Waals surface area (Å²) in [6.45, 7) is 1.69. The molecule has 240 valence electrons. The van der Waals surface area contributed by atoms with Crippen LogP contribution < -0.4 is 15.1 Å². The molecule has 46 heavy (non-hydrogen) atoms. The maximum Gasteiger partial charge on any atom is 0.488 e.